The first-order valence-corrected chi connectivity index (χ1v) is 5.65. The molecule has 1 aromatic carbocycles. The molecule has 0 amide bonds. The molecule has 2 aromatic rings. The Bertz CT molecular complexity index is 598. The summed E-state index contributed by atoms with van der Waals surface area (Å²) in [5.74, 6) is -1.47. The number of carbonyl (C=O) groups is 1. The molecule has 0 aliphatic carbocycles. The predicted molar refractivity (Wildman–Crippen MR) is 63.2 cm³/mol. The van der Waals surface area contributed by atoms with Gasteiger partial charge in [0.2, 0.25) is 0 Å². The number of halogens is 3. The number of hydrogen-bond acceptors (Lipinski definition) is 2. The van der Waals surface area contributed by atoms with Crippen LogP contribution in [0.25, 0.3) is 5.69 Å². The van der Waals surface area contributed by atoms with Gasteiger partial charge in [-0.3, -0.25) is 0 Å². The van der Waals surface area contributed by atoms with Gasteiger partial charge in [-0.1, -0.05) is 22.0 Å². The van der Waals surface area contributed by atoms with Gasteiger partial charge in [-0.05, 0) is 18.2 Å². The highest BCUT2D eigenvalue weighted by Gasteiger charge is 2.23. The van der Waals surface area contributed by atoms with Crippen molar-refractivity contribution in [3.63, 3.8) is 0 Å². The molecule has 0 spiro atoms. The Labute approximate surface area is 109 Å². The maximum atomic E-state index is 12.7. The first kappa shape index (κ1) is 12.7. The summed E-state index contributed by atoms with van der Waals surface area (Å²) < 4.78 is 27.2. The van der Waals surface area contributed by atoms with Gasteiger partial charge in [-0.25, -0.2) is 18.3 Å². The second-order valence-electron chi connectivity index (χ2n) is 3.46. The Morgan fingerprint density at radius 2 is 2.17 bits per heavy atom. The van der Waals surface area contributed by atoms with E-state index in [4.69, 9.17) is 5.11 Å². The molecule has 0 fully saturated rings. The van der Waals surface area contributed by atoms with Crippen LogP contribution in [-0.2, 0) is 0 Å². The molecule has 0 saturated heterocycles. The monoisotopic (exact) mass is 316 g/mol. The van der Waals surface area contributed by atoms with E-state index in [0.717, 1.165) is 15.4 Å². The second kappa shape index (κ2) is 4.85. The van der Waals surface area contributed by atoms with E-state index in [1.807, 2.05) is 0 Å². The third-order valence-corrected chi connectivity index (χ3v) is 2.75. The van der Waals surface area contributed by atoms with Crippen molar-refractivity contribution in [3.8, 4) is 5.69 Å². The van der Waals surface area contributed by atoms with Crippen molar-refractivity contribution in [1.29, 1.82) is 0 Å². The topological polar surface area (TPSA) is 55.1 Å². The quantitative estimate of drug-likeness (QED) is 0.945. The SMILES string of the molecule is O=C(O)c1nn(-c2cccc(Br)c2)cc1C(F)F. The molecule has 0 saturated carbocycles. The maximum absolute atomic E-state index is 12.7. The summed E-state index contributed by atoms with van der Waals surface area (Å²) in [7, 11) is 0. The summed E-state index contributed by atoms with van der Waals surface area (Å²) in [6, 6.07) is 6.75. The number of carboxylic acids is 1. The number of hydrogen-bond donors (Lipinski definition) is 1. The van der Waals surface area contributed by atoms with Crippen molar-refractivity contribution < 1.29 is 18.7 Å². The lowest BCUT2D eigenvalue weighted by Gasteiger charge is -2.00. The molecule has 94 valence electrons. The molecule has 1 heterocycles. The van der Waals surface area contributed by atoms with E-state index < -0.39 is 23.7 Å². The van der Waals surface area contributed by atoms with Gasteiger partial charge >= 0.3 is 5.97 Å². The fraction of sp³-hybridized carbons (Fsp3) is 0.0909. The van der Waals surface area contributed by atoms with E-state index >= 15 is 0 Å². The Hall–Kier alpha value is -1.76. The van der Waals surface area contributed by atoms with E-state index in [-0.39, 0.29) is 0 Å². The van der Waals surface area contributed by atoms with Gasteiger partial charge in [0.25, 0.3) is 6.43 Å². The van der Waals surface area contributed by atoms with Gasteiger partial charge in [-0.2, -0.15) is 5.10 Å². The van der Waals surface area contributed by atoms with Crippen LogP contribution in [0.3, 0.4) is 0 Å². The average molecular weight is 317 g/mol. The molecule has 2 rings (SSSR count). The fourth-order valence-electron chi connectivity index (χ4n) is 1.46. The molecule has 1 N–H and O–H groups in total. The van der Waals surface area contributed by atoms with Gasteiger partial charge in [0.1, 0.15) is 0 Å². The van der Waals surface area contributed by atoms with Crippen molar-refractivity contribution in [2.24, 2.45) is 0 Å². The van der Waals surface area contributed by atoms with Crippen molar-refractivity contribution in [1.82, 2.24) is 9.78 Å². The lowest BCUT2D eigenvalue weighted by molar-refractivity contribution is 0.0678. The number of carboxylic acid groups (broad SMARTS) is 1. The number of nitrogens with zero attached hydrogens (tertiary/aromatic N) is 2. The molecule has 0 radical (unpaired) electrons. The molecule has 18 heavy (non-hydrogen) atoms. The molecular weight excluding hydrogens is 310 g/mol. The third-order valence-electron chi connectivity index (χ3n) is 2.25. The summed E-state index contributed by atoms with van der Waals surface area (Å²) in [5, 5.41) is 12.5. The molecule has 0 unspecified atom stereocenters. The standard InChI is InChI=1S/C11H7BrF2N2O2/c12-6-2-1-3-7(4-6)16-5-8(10(13)14)9(15-16)11(17)18/h1-5,10H,(H,17,18). The molecular formula is C11H7BrF2N2O2. The van der Waals surface area contributed by atoms with Crippen molar-refractivity contribution in [2.45, 2.75) is 6.43 Å². The van der Waals surface area contributed by atoms with Gasteiger partial charge < -0.3 is 5.11 Å². The molecule has 1 aromatic heterocycles. The molecule has 0 bridgehead atoms. The minimum atomic E-state index is -2.88. The second-order valence-corrected chi connectivity index (χ2v) is 4.38. The normalized spacial score (nSPS) is 10.9. The highest BCUT2D eigenvalue weighted by molar-refractivity contribution is 9.10. The number of benzene rings is 1. The van der Waals surface area contributed by atoms with Crippen LogP contribution in [0.1, 0.15) is 22.5 Å². The Morgan fingerprint density at radius 1 is 1.44 bits per heavy atom. The van der Waals surface area contributed by atoms with E-state index in [2.05, 4.69) is 21.0 Å². The Morgan fingerprint density at radius 3 is 2.67 bits per heavy atom. The highest BCUT2D eigenvalue weighted by Crippen LogP contribution is 2.24. The molecule has 4 nitrogen and oxygen atoms in total. The minimum absolute atomic E-state index is 0.499. The van der Waals surface area contributed by atoms with Gasteiger partial charge in [-0.15, -0.1) is 0 Å². The average Bonchev–Trinajstić information content (AvgIpc) is 2.73. The largest absolute Gasteiger partial charge is 0.476 e. The Balaban J connectivity index is 2.53. The number of aromatic carboxylic acids is 1. The van der Waals surface area contributed by atoms with Crippen LogP contribution in [-0.4, -0.2) is 20.9 Å². The molecule has 0 aliphatic rings. The third kappa shape index (κ3) is 2.40. The van der Waals surface area contributed by atoms with Crippen LogP contribution in [0.2, 0.25) is 0 Å². The molecule has 7 heteroatoms. The highest BCUT2D eigenvalue weighted by atomic mass is 79.9. The molecule has 0 aliphatic heterocycles. The number of rotatable bonds is 3. The number of aromatic nitrogens is 2. The van der Waals surface area contributed by atoms with Crippen LogP contribution in [0.5, 0.6) is 0 Å². The minimum Gasteiger partial charge on any atom is -0.476 e. The van der Waals surface area contributed by atoms with Crippen molar-refractivity contribution >= 4 is 21.9 Å². The summed E-state index contributed by atoms with van der Waals surface area (Å²) in [6.45, 7) is 0. The summed E-state index contributed by atoms with van der Waals surface area (Å²) in [6.07, 6.45) is -1.85. The maximum Gasteiger partial charge on any atom is 0.356 e. The lowest BCUT2D eigenvalue weighted by Crippen LogP contribution is -2.03. The lowest BCUT2D eigenvalue weighted by atomic mass is 10.2. The molecule has 0 atom stereocenters. The van der Waals surface area contributed by atoms with Crippen LogP contribution in [0.4, 0.5) is 8.78 Å². The first-order chi connectivity index (χ1) is 8.49. The van der Waals surface area contributed by atoms with Gasteiger partial charge in [0.05, 0.1) is 11.3 Å². The van der Waals surface area contributed by atoms with Crippen molar-refractivity contribution in [2.75, 3.05) is 0 Å². The zero-order valence-electron chi connectivity index (χ0n) is 8.85. The van der Waals surface area contributed by atoms with E-state index in [1.165, 1.54) is 0 Å². The van der Waals surface area contributed by atoms with E-state index in [9.17, 15) is 13.6 Å². The summed E-state index contributed by atoms with van der Waals surface area (Å²) in [5.41, 5.74) is -0.730. The zero-order chi connectivity index (χ0) is 13.3. The van der Waals surface area contributed by atoms with E-state index in [1.54, 1.807) is 24.3 Å². The summed E-state index contributed by atoms with van der Waals surface area (Å²) in [4.78, 5) is 10.8. The first-order valence-electron chi connectivity index (χ1n) is 4.86. The zero-order valence-corrected chi connectivity index (χ0v) is 10.4. The van der Waals surface area contributed by atoms with Gasteiger partial charge in [0, 0.05) is 10.7 Å². The van der Waals surface area contributed by atoms with Crippen LogP contribution in [0, 0.1) is 0 Å². The van der Waals surface area contributed by atoms with Crippen molar-refractivity contribution in [3.05, 3.63) is 46.2 Å². The number of alkyl halides is 2. The van der Waals surface area contributed by atoms with Gasteiger partial charge in [0.15, 0.2) is 5.69 Å². The Kier molecular flexibility index (Phi) is 3.42. The van der Waals surface area contributed by atoms with E-state index in [0.29, 0.717) is 5.69 Å². The van der Waals surface area contributed by atoms with Crippen LogP contribution < -0.4 is 0 Å². The summed E-state index contributed by atoms with van der Waals surface area (Å²) >= 11 is 3.24. The van der Waals surface area contributed by atoms with Crippen LogP contribution in [0.15, 0.2) is 34.9 Å². The smallest absolute Gasteiger partial charge is 0.356 e. The van der Waals surface area contributed by atoms with Crippen LogP contribution >= 0.6 is 15.9 Å². The predicted octanol–water partition coefficient (Wildman–Crippen LogP) is 3.27. The fourth-order valence-corrected chi connectivity index (χ4v) is 1.85.